The predicted octanol–water partition coefficient (Wildman–Crippen LogP) is 4.09. The van der Waals surface area contributed by atoms with Gasteiger partial charge >= 0.3 is 6.03 Å². The lowest BCUT2D eigenvalue weighted by Gasteiger charge is -2.40. The first-order valence-corrected chi connectivity index (χ1v) is 10.1. The van der Waals surface area contributed by atoms with Crippen molar-refractivity contribution in [3.8, 4) is 0 Å². The number of nitrogens with zero attached hydrogens (tertiary/aromatic N) is 3. The van der Waals surface area contributed by atoms with E-state index in [4.69, 9.17) is 4.74 Å². The number of carbonyl (C=O) groups is 1. The summed E-state index contributed by atoms with van der Waals surface area (Å²) in [4.78, 5) is 24.2. The van der Waals surface area contributed by atoms with Crippen molar-refractivity contribution in [1.29, 1.82) is 0 Å². The van der Waals surface area contributed by atoms with Crippen LogP contribution in [-0.4, -0.2) is 47.0 Å². The Balaban J connectivity index is 1.95. The van der Waals surface area contributed by atoms with Crippen LogP contribution in [0.3, 0.4) is 0 Å². The number of amides is 2. The van der Waals surface area contributed by atoms with Crippen molar-refractivity contribution in [3.63, 3.8) is 0 Å². The number of rotatable bonds is 7. The van der Waals surface area contributed by atoms with Gasteiger partial charge in [0, 0.05) is 24.9 Å². The average molecular weight is 394 g/mol. The summed E-state index contributed by atoms with van der Waals surface area (Å²) < 4.78 is 5.46. The molecule has 1 aliphatic heterocycles. The van der Waals surface area contributed by atoms with E-state index in [0.29, 0.717) is 18.3 Å². The third-order valence-corrected chi connectivity index (χ3v) is 5.14. The Morgan fingerprint density at radius 1 is 1.41 bits per heavy atom. The topological polar surface area (TPSA) is 78.8 Å². The number of aromatic nitrogens is 1. The molecule has 0 spiro atoms. The maximum absolute atomic E-state index is 12.1. The Kier molecular flexibility index (Phi) is 7.38. The number of thiazole rings is 1. The molecule has 1 aromatic rings. The molecule has 0 saturated carbocycles. The van der Waals surface area contributed by atoms with Crippen LogP contribution in [0.1, 0.15) is 57.7 Å². The number of hydrogen-bond donors (Lipinski definition) is 2. The van der Waals surface area contributed by atoms with Crippen LogP contribution in [0.25, 0.3) is 0 Å². The van der Waals surface area contributed by atoms with Crippen LogP contribution < -0.4 is 10.6 Å². The zero-order chi connectivity index (χ0) is 20.0. The van der Waals surface area contributed by atoms with Gasteiger partial charge in [0.15, 0.2) is 5.13 Å². The molecule has 2 heterocycles. The second-order valence-corrected chi connectivity index (χ2v) is 8.78. The van der Waals surface area contributed by atoms with E-state index < -0.39 is 0 Å². The Morgan fingerprint density at radius 2 is 2.15 bits per heavy atom. The molecule has 27 heavy (non-hydrogen) atoms. The maximum Gasteiger partial charge on any atom is 0.321 e. The van der Waals surface area contributed by atoms with Crippen molar-refractivity contribution in [2.75, 3.05) is 18.5 Å². The van der Waals surface area contributed by atoms with Crippen LogP contribution in [0.2, 0.25) is 0 Å². The fourth-order valence-electron chi connectivity index (χ4n) is 2.68. The van der Waals surface area contributed by atoms with Gasteiger partial charge in [0.1, 0.15) is 0 Å². The monoisotopic (exact) mass is 393 g/mol. The molecular weight excluding hydrogens is 362 g/mol. The van der Waals surface area contributed by atoms with Gasteiger partial charge in [-0.2, -0.15) is 0 Å². The molecular formula is C19H31N5O2S. The normalized spacial score (nSPS) is 16.9. The lowest BCUT2D eigenvalue weighted by molar-refractivity contribution is 0.0775. The van der Waals surface area contributed by atoms with E-state index in [1.54, 1.807) is 0 Å². The molecule has 2 N–H and O–H groups in total. The maximum atomic E-state index is 12.1. The van der Waals surface area contributed by atoms with Crippen molar-refractivity contribution in [2.24, 2.45) is 4.99 Å². The van der Waals surface area contributed by atoms with E-state index in [-0.39, 0.29) is 23.7 Å². The predicted molar refractivity (Wildman–Crippen MR) is 112 cm³/mol. The van der Waals surface area contributed by atoms with Gasteiger partial charge in [-0.3, -0.25) is 5.32 Å². The third-order valence-electron chi connectivity index (χ3n) is 4.00. The Bertz CT molecular complexity index is 691. The van der Waals surface area contributed by atoms with Gasteiger partial charge in [-0.05, 0) is 54.0 Å². The van der Waals surface area contributed by atoms with Crippen molar-refractivity contribution < 1.29 is 9.53 Å². The van der Waals surface area contributed by atoms with E-state index in [0.717, 1.165) is 17.0 Å². The zero-order valence-electron chi connectivity index (χ0n) is 17.1. The molecule has 1 aliphatic rings. The zero-order valence-corrected chi connectivity index (χ0v) is 17.9. The summed E-state index contributed by atoms with van der Waals surface area (Å²) in [5.41, 5.74) is 0.845. The Hall–Kier alpha value is -1.93. The number of nitrogens with one attached hydrogen (secondary N) is 2. The first-order chi connectivity index (χ1) is 12.7. The molecule has 2 rings (SSSR count). The first-order valence-electron chi connectivity index (χ1n) is 9.30. The summed E-state index contributed by atoms with van der Waals surface area (Å²) in [6.45, 7) is 13.6. The van der Waals surface area contributed by atoms with Crippen molar-refractivity contribution in [2.45, 2.75) is 65.6 Å². The number of aliphatic imine (C=N–C) groups is 1. The molecule has 1 unspecified atom stereocenters. The number of urea groups is 1. The SMILES string of the molecule is Cc1nc(NC(=O)NCCCOC(C)C)sc1C1C=CN=CN1C(C)(C)C. The van der Waals surface area contributed by atoms with Crippen LogP contribution >= 0.6 is 11.3 Å². The van der Waals surface area contributed by atoms with Crippen LogP contribution in [0.4, 0.5) is 9.93 Å². The number of hydrogen-bond acceptors (Lipinski definition) is 6. The van der Waals surface area contributed by atoms with Crippen LogP contribution in [0.5, 0.6) is 0 Å². The van der Waals surface area contributed by atoms with Gasteiger partial charge in [0.2, 0.25) is 0 Å². The molecule has 0 bridgehead atoms. The third kappa shape index (κ3) is 6.32. The standard InChI is InChI=1S/C19H31N5O2S/c1-13(2)26-11-7-9-21-17(25)23-18-22-14(3)16(27-18)15-8-10-20-12-24(15)19(4,5)6/h8,10,12-13,15H,7,9,11H2,1-6H3,(H2,21,22,23,25). The molecule has 8 heteroatoms. The highest BCUT2D eigenvalue weighted by Gasteiger charge is 2.30. The lowest BCUT2D eigenvalue weighted by atomic mass is 10.0. The minimum Gasteiger partial charge on any atom is -0.379 e. The summed E-state index contributed by atoms with van der Waals surface area (Å²) in [5, 5.41) is 6.27. The number of ether oxygens (including phenoxy) is 1. The summed E-state index contributed by atoms with van der Waals surface area (Å²) in [6, 6.07) is -0.180. The number of carbonyl (C=O) groups excluding carboxylic acids is 1. The number of anilines is 1. The van der Waals surface area contributed by atoms with E-state index in [1.165, 1.54) is 11.3 Å². The van der Waals surface area contributed by atoms with Gasteiger partial charge in [0.05, 0.1) is 29.1 Å². The summed E-state index contributed by atoms with van der Waals surface area (Å²) in [5.74, 6) is 0. The van der Waals surface area contributed by atoms with Gasteiger partial charge in [-0.15, -0.1) is 0 Å². The molecule has 1 atom stereocenters. The van der Waals surface area contributed by atoms with Crippen LogP contribution in [0, 0.1) is 6.92 Å². The molecule has 0 saturated heterocycles. The lowest BCUT2D eigenvalue weighted by Crippen LogP contribution is -2.43. The average Bonchev–Trinajstić information content (AvgIpc) is 2.93. The molecule has 0 fully saturated rings. The van der Waals surface area contributed by atoms with Gasteiger partial charge < -0.3 is 15.0 Å². The second-order valence-electron chi connectivity index (χ2n) is 7.75. The molecule has 0 aliphatic carbocycles. The van der Waals surface area contributed by atoms with E-state index >= 15 is 0 Å². The molecule has 0 aromatic carbocycles. The van der Waals surface area contributed by atoms with Crippen LogP contribution in [0.15, 0.2) is 17.3 Å². The molecule has 150 valence electrons. The Labute approximate surface area is 165 Å². The van der Waals surface area contributed by atoms with Crippen molar-refractivity contribution in [3.05, 3.63) is 22.8 Å². The van der Waals surface area contributed by atoms with Gasteiger partial charge in [-0.25, -0.2) is 14.8 Å². The quantitative estimate of drug-likeness (QED) is 0.684. The smallest absolute Gasteiger partial charge is 0.321 e. The molecule has 1 aromatic heterocycles. The van der Waals surface area contributed by atoms with Crippen molar-refractivity contribution >= 4 is 28.8 Å². The Morgan fingerprint density at radius 3 is 2.81 bits per heavy atom. The summed E-state index contributed by atoms with van der Waals surface area (Å²) in [6.07, 6.45) is 6.72. The largest absolute Gasteiger partial charge is 0.379 e. The van der Waals surface area contributed by atoms with E-state index in [2.05, 4.69) is 52.4 Å². The second kappa shape index (κ2) is 9.32. The minimum atomic E-state index is -0.242. The fourth-order valence-corrected chi connectivity index (χ4v) is 3.72. The van der Waals surface area contributed by atoms with Gasteiger partial charge in [0.25, 0.3) is 0 Å². The highest BCUT2D eigenvalue weighted by atomic mass is 32.1. The van der Waals surface area contributed by atoms with E-state index in [9.17, 15) is 4.79 Å². The van der Waals surface area contributed by atoms with Gasteiger partial charge in [-0.1, -0.05) is 11.3 Å². The first kappa shape index (κ1) is 21.4. The highest BCUT2D eigenvalue weighted by molar-refractivity contribution is 7.16. The summed E-state index contributed by atoms with van der Waals surface area (Å²) in [7, 11) is 0. The van der Waals surface area contributed by atoms with Crippen LogP contribution in [-0.2, 0) is 4.74 Å². The van der Waals surface area contributed by atoms with Crippen molar-refractivity contribution in [1.82, 2.24) is 15.2 Å². The molecule has 2 amide bonds. The molecule has 0 radical (unpaired) electrons. The fraction of sp³-hybridized carbons (Fsp3) is 0.632. The number of aryl methyl sites for hydroxylation is 1. The summed E-state index contributed by atoms with van der Waals surface area (Å²) >= 11 is 1.50. The molecule has 7 nitrogen and oxygen atoms in total. The minimum absolute atomic E-state index is 0.0618. The van der Waals surface area contributed by atoms with E-state index in [1.807, 2.05) is 33.3 Å². The highest BCUT2D eigenvalue weighted by Crippen LogP contribution is 2.36.